The SMILES string of the molecule is O=C(Nc1ccc(C[C@@H]2CC[C@H]([C@H](O)c3ccccc3)N2)cc1)C1CCC2NC=CC(=O)N21. The molecule has 172 valence electrons. The molecule has 7 heteroatoms. The molecule has 0 aliphatic carbocycles. The predicted molar refractivity (Wildman–Crippen MR) is 126 cm³/mol. The molecule has 5 atom stereocenters. The fraction of sp³-hybridized carbons (Fsp3) is 0.385. The Morgan fingerprint density at radius 1 is 1.06 bits per heavy atom. The number of nitrogens with zero attached hydrogens (tertiary/aromatic N) is 1. The number of anilines is 1. The van der Waals surface area contributed by atoms with Crippen molar-refractivity contribution in [1.29, 1.82) is 0 Å². The first-order valence-corrected chi connectivity index (χ1v) is 11.7. The highest BCUT2D eigenvalue weighted by atomic mass is 16.3. The predicted octanol–water partition coefficient (Wildman–Crippen LogP) is 2.46. The molecule has 2 aromatic rings. The summed E-state index contributed by atoms with van der Waals surface area (Å²) in [5, 5.41) is 20.4. The third kappa shape index (κ3) is 4.65. The summed E-state index contributed by atoms with van der Waals surface area (Å²) in [5.41, 5.74) is 2.86. The largest absolute Gasteiger partial charge is 0.387 e. The maximum atomic E-state index is 12.8. The smallest absolute Gasteiger partial charge is 0.250 e. The first-order valence-electron chi connectivity index (χ1n) is 11.7. The minimum absolute atomic E-state index is 0.0630. The third-order valence-electron chi connectivity index (χ3n) is 6.96. The summed E-state index contributed by atoms with van der Waals surface area (Å²) in [6.45, 7) is 0. The van der Waals surface area contributed by atoms with Crippen LogP contribution in [-0.2, 0) is 16.0 Å². The molecule has 0 aromatic heterocycles. The van der Waals surface area contributed by atoms with E-state index in [0.29, 0.717) is 12.5 Å². The quantitative estimate of drug-likeness (QED) is 0.547. The molecule has 3 aliphatic heterocycles. The van der Waals surface area contributed by atoms with E-state index in [1.165, 1.54) is 11.6 Å². The van der Waals surface area contributed by atoms with Crippen molar-refractivity contribution in [2.45, 2.75) is 62.5 Å². The topological polar surface area (TPSA) is 93.7 Å². The standard InChI is InChI=1S/C26H30N4O3/c31-24-14-15-27-23-13-12-22(30(23)24)26(33)29-19-8-6-17(7-9-19)16-20-10-11-21(28-20)25(32)18-4-2-1-3-5-18/h1-9,14-15,20-23,25,27-28,32H,10-13,16H2,(H,29,33)/t20-,21+,22?,23?,25+/m0/s1. The number of amides is 2. The van der Waals surface area contributed by atoms with Gasteiger partial charge in [-0.1, -0.05) is 42.5 Å². The second kappa shape index (κ2) is 9.37. The van der Waals surface area contributed by atoms with Crippen molar-refractivity contribution in [2.75, 3.05) is 5.32 Å². The van der Waals surface area contributed by atoms with Gasteiger partial charge in [-0.2, -0.15) is 0 Å². The second-order valence-electron chi connectivity index (χ2n) is 9.15. The Bertz CT molecular complexity index is 1020. The van der Waals surface area contributed by atoms with Crippen LogP contribution in [0.3, 0.4) is 0 Å². The van der Waals surface area contributed by atoms with Crippen molar-refractivity contribution in [3.8, 4) is 0 Å². The molecule has 7 nitrogen and oxygen atoms in total. The number of nitrogens with one attached hydrogen (secondary N) is 3. The maximum absolute atomic E-state index is 12.8. The second-order valence-corrected chi connectivity index (χ2v) is 9.15. The van der Waals surface area contributed by atoms with E-state index in [0.717, 1.165) is 36.9 Å². The van der Waals surface area contributed by atoms with Gasteiger partial charge in [-0.3, -0.25) is 9.59 Å². The van der Waals surface area contributed by atoms with E-state index in [1.807, 2.05) is 54.6 Å². The minimum atomic E-state index is -0.499. The molecule has 0 radical (unpaired) electrons. The Kier molecular flexibility index (Phi) is 6.15. The van der Waals surface area contributed by atoms with Gasteiger partial charge < -0.3 is 26.0 Å². The van der Waals surface area contributed by atoms with Gasteiger partial charge >= 0.3 is 0 Å². The van der Waals surface area contributed by atoms with Crippen molar-refractivity contribution >= 4 is 17.5 Å². The zero-order valence-corrected chi connectivity index (χ0v) is 18.5. The highest BCUT2D eigenvalue weighted by Gasteiger charge is 2.41. The van der Waals surface area contributed by atoms with Crippen LogP contribution in [0, 0.1) is 0 Å². The van der Waals surface area contributed by atoms with Crippen LogP contribution in [0.1, 0.15) is 42.9 Å². The van der Waals surface area contributed by atoms with Gasteiger partial charge in [-0.05, 0) is 55.4 Å². The molecule has 4 N–H and O–H groups in total. The average molecular weight is 447 g/mol. The fourth-order valence-corrected chi connectivity index (χ4v) is 5.23. The van der Waals surface area contributed by atoms with Crippen molar-refractivity contribution in [3.05, 3.63) is 78.0 Å². The van der Waals surface area contributed by atoms with E-state index >= 15 is 0 Å². The molecule has 3 heterocycles. The number of carbonyl (C=O) groups excluding carboxylic acids is 2. The number of aliphatic hydroxyl groups is 1. The molecule has 0 saturated carbocycles. The summed E-state index contributed by atoms with van der Waals surface area (Å²) in [6.07, 6.45) is 6.78. The molecule has 0 spiro atoms. The number of benzene rings is 2. The molecule has 2 saturated heterocycles. The minimum Gasteiger partial charge on any atom is -0.387 e. The molecule has 2 aromatic carbocycles. The summed E-state index contributed by atoms with van der Waals surface area (Å²) in [7, 11) is 0. The number of rotatable bonds is 6. The van der Waals surface area contributed by atoms with Crippen molar-refractivity contribution in [1.82, 2.24) is 15.5 Å². The maximum Gasteiger partial charge on any atom is 0.250 e. The van der Waals surface area contributed by atoms with Gasteiger partial charge in [0.05, 0.1) is 6.10 Å². The van der Waals surface area contributed by atoms with Crippen LogP contribution in [0.5, 0.6) is 0 Å². The highest BCUT2D eigenvalue weighted by Crippen LogP contribution is 2.28. The molecular weight excluding hydrogens is 416 g/mol. The first kappa shape index (κ1) is 21.7. The van der Waals surface area contributed by atoms with Crippen LogP contribution in [0.4, 0.5) is 5.69 Å². The van der Waals surface area contributed by atoms with Crippen LogP contribution >= 0.6 is 0 Å². The van der Waals surface area contributed by atoms with Gasteiger partial charge in [0.15, 0.2) is 0 Å². The molecule has 2 amide bonds. The molecule has 0 bridgehead atoms. The van der Waals surface area contributed by atoms with E-state index < -0.39 is 12.1 Å². The summed E-state index contributed by atoms with van der Waals surface area (Å²) < 4.78 is 0. The summed E-state index contributed by atoms with van der Waals surface area (Å²) in [5.74, 6) is -0.266. The van der Waals surface area contributed by atoms with Crippen molar-refractivity contribution in [2.24, 2.45) is 0 Å². The Hall–Kier alpha value is -3.16. The van der Waals surface area contributed by atoms with Crippen LogP contribution < -0.4 is 16.0 Å². The van der Waals surface area contributed by atoms with Gasteiger partial charge in [0, 0.05) is 30.0 Å². The Morgan fingerprint density at radius 2 is 1.85 bits per heavy atom. The van der Waals surface area contributed by atoms with E-state index in [4.69, 9.17) is 0 Å². The van der Waals surface area contributed by atoms with E-state index in [1.54, 1.807) is 11.1 Å². The summed E-state index contributed by atoms with van der Waals surface area (Å²) >= 11 is 0. The van der Waals surface area contributed by atoms with Gasteiger partial charge in [0.25, 0.3) is 0 Å². The van der Waals surface area contributed by atoms with Gasteiger partial charge in [0.1, 0.15) is 12.2 Å². The zero-order valence-electron chi connectivity index (χ0n) is 18.5. The highest BCUT2D eigenvalue weighted by molar-refractivity contribution is 5.99. The first-order chi connectivity index (χ1) is 16.1. The molecular formula is C26H30N4O3. The zero-order chi connectivity index (χ0) is 22.8. The number of carbonyl (C=O) groups is 2. The van der Waals surface area contributed by atoms with Crippen molar-refractivity contribution in [3.63, 3.8) is 0 Å². The lowest BCUT2D eigenvalue weighted by Gasteiger charge is -2.31. The number of fused-ring (bicyclic) bond motifs is 1. The van der Waals surface area contributed by atoms with E-state index in [-0.39, 0.29) is 24.0 Å². The van der Waals surface area contributed by atoms with Gasteiger partial charge in [0.2, 0.25) is 11.8 Å². The lowest BCUT2D eigenvalue weighted by atomic mass is 10.0. The number of aliphatic hydroxyl groups excluding tert-OH is 1. The van der Waals surface area contributed by atoms with Gasteiger partial charge in [-0.25, -0.2) is 0 Å². The molecule has 5 rings (SSSR count). The van der Waals surface area contributed by atoms with Crippen molar-refractivity contribution < 1.29 is 14.7 Å². The van der Waals surface area contributed by atoms with Crippen LogP contribution in [-0.4, -0.2) is 46.1 Å². The Balaban J connectivity index is 1.14. The number of hydrogen-bond acceptors (Lipinski definition) is 5. The van der Waals surface area contributed by atoms with Crippen LogP contribution in [0.2, 0.25) is 0 Å². The van der Waals surface area contributed by atoms with E-state index in [9.17, 15) is 14.7 Å². The monoisotopic (exact) mass is 446 g/mol. The molecule has 2 unspecified atom stereocenters. The number of hydrogen-bond donors (Lipinski definition) is 4. The van der Waals surface area contributed by atoms with Crippen LogP contribution in [0.15, 0.2) is 66.9 Å². The van der Waals surface area contributed by atoms with E-state index in [2.05, 4.69) is 16.0 Å². The summed E-state index contributed by atoms with van der Waals surface area (Å²) in [6, 6.07) is 17.6. The average Bonchev–Trinajstić information content (AvgIpc) is 3.49. The summed E-state index contributed by atoms with van der Waals surface area (Å²) in [4.78, 5) is 26.6. The normalized spacial score (nSPS) is 27.2. The van der Waals surface area contributed by atoms with Gasteiger partial charge in [-0.15, -0.1) is 0 Å². The Labute approximate surface area is 193 Å². The Morgan fingerprint density at radius 3 is 2.64 bits per heavy atom. The molecule has 3 aliphatic rings. The molecule has 33 heavy (non-hydrogen) atoms. The molecule has 2 fully saturated rings. The van der Waals surface area contributed by atoms with Crippen LogP contribution in [0.25, 0.3) is 0 Å². The third-order valence-corrected chi connectivity index (χ3v) is 6.96. The fourth-order valence-electron chi connectivity index (χ4n) is 5.23. The lowest BCUT2D eigenvalue weighted by molar-refractivity contribution is -0.135. The lowest BCUT2D eigenvalue weighted by Crippen LogP contribution is -2.52.